The van der Waals surface area contributed by atoms with Crippen molar-refractivity contribution in [3.05, 3.63) is 29.8 Å². The number of amides is 1. The van der Waals surface area contributed by atoms with E-state index in [4.69, 9.17) is 5.26 Å². The fraction of sp³-hybridized carbons (Fsp3) is 0.273. The fourth-order valence-electron chi connectivity index (χ4n) is 1.03. The largest absolute Gasteiger partial charge is 0.383 e. The molecule has 5 heteroatoms. The normalized spacial score (nSPS) is 11.3. The van der Waals surface area contributed by atoms with E-state index in [1.54, 1.807) is 31.2 Å². The van der Waals surface area contributed by atoms with E-state index in [9.17, 15) is 9.90 Å². The zero-order chi connectivity index (χ0) is 12.0. The monoisotopic (exact) mass is 219 g/mol. The Bertz CT molecular complexity index is 395. The lowest BCUT2D eigenvalue weighted by Crippen LogP contribution is -2.37. The topological polar surface area (TPSA) is 85.2 Å². The van der Waals surface area contributed by atoms with Crippen LogP contribution in [0, 0.1) is 11.3 Å². The number of rotatable bonds is 4. The molecule has 0 radical (unpaired) electrons. The third-order valence-corrected chi connectivity index (χ3v) is 2.03. The first-order valence-electron chi connectivity index (χ1n) is 4.91. The third kappa shape index (κ3) is 3.26. The Labute approximate surface area is 93.7 Å². The van der Waals surface area contributed by atoms with Gasteiger partial charge in [-0.2, -0.15) is 5.26 Å². The molecule has 84 valence electrons. The van der Waals surface area contributed by atoms with Gasteiger partial charge in [-0.15, -0.1) is 0 Å². The minimum atomic E-state index is -1.01. The Morgan fingerprint density at radius 1 is 1.50 bits per heavy atom. The predicted octanol–water partition coefficient (Wildman–Crippen LogP) is 0.772. The Kier molecular flexibility index (Phi) is 4.30. The van der Waals surface area contributed by atoms with Crippen molar-refractivity contribution in [2.24, 2.45) is 0 Å². The quantitative estimate of drug-likeness (QED) is 0.653. The minimum absolute atomic E-state index is 0.362. The third-order valence-electron chi connectivity index (χ3n) is 2.03. The second-order valence-corrected chi connectivity index (χ2v) is 3.23. The van der Waals surface area contributed by atoms with Gasteiger partial charge >= 0.3 is 0 Å². The second-order valence-electron chi connectivity index (χ2n) is 3.23. The van der Waals surface area contributed by atoms with Crippen LogP contribution in [0.2, 0.25) is 0 Å². The van der Waals surface area contributed by atoms with Gasteiger partial charge in [0, 0.05) is 0 Å². The van der Waals surface area contributed by atoms with Gasteiger partial charge in [0.15, 0.2) is 0 Å². The molecule has 0 heterocycles. The van der Waals surface area contributed by atoms with E-state index in [0.717, 1.165) is 0 Å². The van der Waals surface area contributed by atoms with Crippen LogP contribution in [-0.4, -0.2) is 17.1 Å². The highest BCUT2D eigenvalue weighted by Crippen LogP contribution is 2.07. The minimum Gasteiger partial charge on any atom is -0.383 e. The number of aliphatic hydroxyl groups is 1. The molecule has 1 aromatic rings. The van der Waals surface area contributed by atoms with Crippen molar-refractivity contribution in [1.82, 2.24) is 5.43 Å². The van der Waals surface area contributed by atoms with E-state index in [1.807, 2.05) is 6.07 Å². The van der Waals surface area contributed by atoms with Gasteiger partial charge < -0.3 is 5.11 Å². The summed E-state index contributed by atoms with van der Waals surface area (Å²) in [7, 11) is 0. The number of benzene rings is 1. The van der Waals surface area contributed by atoms with Crippen molar-refractivity contribution in [1.29, 1.82) is 5.26 Å². The summed E-state index contributed by atoms with van der Waals surface area (Å²) in [6, 6.07) is 8.58. The number of nitriles is 1. The standard InChI is InChI=1S/C11H13N3O2/c1-2-10(15)11(16)14-13-9-5-3-8(7-12)4-6-9/h3-6,10,13,15H,2H2,1H3,(H,14,16)/t10-/m1/s1. The molecule has 3 N–H and O–H groups in total. The Morgan fingerprint density at radius 3 is 2.62 bits per heavy atom. The molecule has 0 aliphatic rings. The molecule has 0 saturated heterocycles. The summed E-state index contributed by atoms with van der Waals surface area (Å²) in [5, 5.41) is 17.8. The number of carbonyl (C=O) groups excluding carboxylic acids is 1. The number of nitrogens with zero attached hydrogens (tertiary/aromatic N) is 1. The number of hydrazine groups is 1. The van der Waals surface area contributed by atoms with Crippen molar-refractivity contribution < 1.29 is 9.90 Å². The van der Waals surface area contributed by atoms with Gasteiger partial charge in [-0.25, -0.2) is 0 Å². The summed E-state index contributed by atoms with van der Waals surface area (Å²) in [4.78, 5) is 11.2. The average Bonchev–Trinajstić information content (AvgIpc) is 2.35. The molecule has 0 aromatic heterocycles. The molecule has 1 amide bonds. The number of hydrogen-bond acceptors (Lipinski definition) is 4. The zero-order valence-corrected chi connectivity index (χ0v) is 8.90. The Balaban J connectivity index is 2.49. The van der Waals surface area contributed by atoms with Gasteiger partial charge in [0.05, 0.1) is 17.3 Å². The summed E-state index contributed by atoms with van der Waals surface area (Å²) in [6.45, 7) is 1.71. The van der Waals surface area contributed by atoms with E-state index in [2.05, 4.69) is 10.9 Å². The van der Waals surface area contributed by atoms with Crippen molar-refractivity contribution in [2.75, 3.05) is 5.43 Å². The lowest BCUT2D eigenvalue weighted by molar-refractivity contribution is -0.128. The summed E-state index contributed by atoms with van der Waals surface area (Å²) < 4.78 is 0. The highest BCUT2D eigenvalue weighted by atomic mass is 16.3. The first-order chi connectivity index (χ1) is 7.67. The number of carbonyl (C=O) groups is 1. The summed E-state index contributed by atoms with van der Waals surface area (Å²) >= 11 is 0. The van der Waals surface area contributed by atoms with Crippen molar-refractivity contribution in [3.8, 4) is 6.07 Å². The zero-order valence-electron chi connectivity index (χ0n) is 8.90. The Morgan fingerprint density at radius 2 is 2.12 bits per heavy atom. The SMILES string of the molecule is CC[C@@H](O)C(=O)NNc1ccc(C#N)cc1. The molecule has 5 nitrogen and oxygen atoms in total. The van der Waals surface area contributed by atoms with Crippen LogP contribution in [0.5, 0.6) is 0 Å². The van der Waals surface area contributed by atoms with E-state index in [0.29, 0.717) is 17.7 Å². The van der Waals surface area contributed by atoms with Gasteiger partial charge in [0.25, 0.3) is 5.91 Å². The van der Waals surface area contributed by atoms with Crippen LogP contribution in [-0.2, 0) is 4.79 Å². The van der Waals surface area contributed by atoms with Crippen LogP contribution < -0.4 is 10.9 Å². The molecule has 1 atom stereocenters. The molecule has 1 aromatic carbocycles. The second kappa shape index (κ2) is 5.73. The average molecular weight is 219 g/mol. The van der Waals surface area contributed by atoms with Crippen LogP contribution in [0.4, 0.5) is 5.69 Å². The molecule has 0 bridgehead atoms. The van der Waals surface area contributed by atoms with Crippen LogP contribution in [0.25, 0.3) is 0 Å². The van der Waals surface area contributed by atoms with E-state index >= 15 is 0 Å². The van der Waals surface area contributed by atoms with E-state index in [1.165, 1.54) is 0 Å². The summed E-state index contributed by atoms with van der Waals surface area (Å²) in [5.41, 5.74) is 6.20. The van der Waals surface area contributed by atoms with Crippen molar-refractivity contribution in [2.45, 2.75) is 19.4 Å². The van der Waals surface area contributed by atoms with Crippen LogP contribution in [0.15, 0.2) is 24.3 Å². The van der Waals surface area contributed by atoms with Gasteiger partial charge in [-0.05, 0) is 30.7 Å². The highest BCUT2D eigenvalue weighted by Gasteiger charge is 2.10. The molecule has 0 fully saturated rings. The first kappa shape index (κ1) is 12.0. The maximum Gasteiger partial charge on any atom is 0.267 e. The lowest BCUT2D eigenvalue weighted by atomic mass is 10.2. The van der Waals surface area contributed by atoms with Crippen molar-refractivity contribution >= 4 is 11.6 Å². The molecule has 0 aliphatic carbocycles. The molecule has 0 unspecified atom stereocenters. The lowest BCUT2D eigenvalue weighted by Gasteiger charge is -2.11. The van der Waals surface area contributed by atoms with Crippen LogP contribution >= 0.6 is 0 Å². The van der Waals surface area contributed by atoms with E-state index in [-0.39, 0.29) is 0 Å². The number of aliphatic hydroxyl groups excluding tert-OH is 1. The smallest absolute Gasteiger partial charge is 0.267 e. The highest BCUT2D eigenvalue weighted by molar-refractivity contribution is 5.81. The molecule has 0 aliphatic heterocycles. The molecule has 1 rings (SSSR count). The number of anilines is 1. The molecular weight excluding hydrogens is 206 g/mol. The van der Waals surface area contributed by atoms with Gasteiger partial charge in [-0.3, -0.25) is 15.6 Å². The maximum absolute atomic E-state index is 11.2. The Hall–Kier alpha value is -2.06. The predicted molar refractivity (Wildman–Crippen MR) is 59.2 cm³/mol. The summed E-state index contributed by atoms with van der Waals surface area (Å²) in [5.74, 6) is -0.480. The maximum atomic E-state index is 11.2. The number of hydrogen-bond donors (Lipinski definition) is 3. The van der Waals surface area contributed by atoms with Gasteiger partial charge in [-0.1, -0.05) is 6.92 Å². The van der Waals surface area contributed by atoms with E-state index < -0.39 is 12.0 Å². The van der Waals surface area contributed by atoms with Crippen LogP contribution in [0.3, 0.4) is 0 Å². The molecule has 0 spiro atoms. The molecular formula is C11H13N3O2. The fourth-order valence-corrected chi connectivity index (χ4v) is 1.03. The van der Waals surface area contributed by atoms with Crippen LogP contribution in [0.1, 0.15) is 18.9 Å². The number of nitrogens with one attached hydrogen (secondary N) is 2. The molecule has 16 heavy (non-hydrogen) atoms. The molecule has 0 saturated carbocycles. The first-order valence-corrected chi connectivity index (χ1v) is 4.91. The van der Waals surface area contributed by atoms with Gasteiger partial charge in [0.2, 0.25) is 0 Å². The van der Waals surface area contributed by atoms with Crippen molar-refractivity contribution in [3.63, 3.8) is 0 Å². The summed E-state index contributed by atoms with van der Waals surface area (Å²) in [6.07, 6.45) is -0.646. The van der Waals surface area contributed by atoms with Gasteiger partial charge in [0.1, 0.15) is 6.10 Å².